The van der Waals surface area contributed by atoms with Crippen molar-refractivity contribution in [2.45, 2.75) is 6.92 Å². The normalized spacial score (nSPS) is 9.83. The molecule has 0 aliphatic rings. The number of primary amides is 1. The molecule has 0 aliphatic heterocycles. The predicted molar refractivity (Wildman–Crippen MR) is 64.3 cm³/mol. The van der Waals surface area contributed by atoms with E-state index in [2.05, 4.69) is 10.3 Å². The van der Waals surface area contributed by atoms with Gasteiger partial charge in [-0.25, -0.2) is 9.78 Å². The average molecular weight is 272 g/mol. The maximum Gasteiger partial charge on any atom is 0.324 e. The van der Waals surface area contributed by atoms with Gasteiger partial charge in [0.05, 0.1) is 0 Å². The van der Waals surface area contributed by atoms with Crippen LogP contribution in [0.1, 0.15) is 4.88 Å². The zero-order chi connectivity index (χ0) is 13.7. The number of amides is 3. The van der Waals surface area contributed by atoms with Crippen LogP contribution in [0.25, 0.3) is 0 Å². The molecule has 0 aliphatic carbocycles. The summed E-state index contributed by atoms with van der Waals surface area (Å²) in [5.74, 6) is -2.02. The van der Waals surface area contributed by atoms with Crippen molar-refractivity contribution >= 4 is 34.4 Å². The Bertz CT molecular complexity index is 457. The second-order valence-corrected chi connectivity index (χ2v) is 4.66. The summed E-state index contributed by atoms with van der Waals surface area (Å²) in [4.78, 5) is 38.6. The van der Waals surface area contributed by atoms with Crippen LogP contribution in [0.4, 0.5) is 9.93 Å². The van der Waals surface area contributed by atoms with Crippen molar-refractivity contribution in [2.75, 3.05) is 18.4 Å². The zero-order valence-corrected chi connectivity index (χ0v) is 10.4. The van der Waals surface area contributed by atoms with E-state index in [-0.39, 0.29) is 0 Å². The number of anilines is 1. The van der Waals surface area contributed by atoms with Crippen molar-refractivity contribution in [1.82, 2.24) is 9.88 Å². The third kappa shape index (κ3) is 4.37. The van der Waals surface area contributed by atoms with Gasteiger partial charge in [0, 0.05) is 11.1 Å². The molecule has 0 bridgehead atoms. The molecule has 9 heteroatoms. The standard InChI is InChI=1S/C9H12N4O4S/c1-5-2-11-8(18-5)12-9(17)13(3-6(10)14)4-7(15)16/h2H,3-4H2,1H3,(H2,10,14)(H,15,16)(H,11,12,17). The Morgan fingerprint density at radius 3 is 2.61 bits per heavy atom. The van der Waals surface area contributed by atoms with Crippen LogP contribution in [-0.2, 0) is 9.59 Å². The minimum atomic E-state index is -1.23. The van der Waals surface area contributed by atoms with Crippen molar-refractivity contribution in [3.63, 3.8) is 0 Å². The number of carboxylic acid groups (broad SMARTS) is 1. The lowest BCUT2D eigenvalue weighted by atomic mass is 10.5. The molecule has 1 aromatic heterocycles. The monoisotopic (exact) mass is 272 g/mol. The van der Waals surface area contributed by atoms with Gasteiger partial charge in [0.25, 0.3) is 0 Å². The fraction of sp³-hybridized carbons (Fsp3) is 0.333. The number of nitrogens with zero attached hydrogens (tertiary/aromatic N) is 2. The smallest absolute Gasteiger partial charge is 0.324 e. The van der Waals surface area contributed by atoms with E-state index in [4.69, 9.17) is 10.8 Å². The molecular weight excluding hydrogens is 260 g/mol. The molecular formula is C9H12N4O4S. The molecule has 1 rings (SSSR count). The molecule has 18 heavy (non-hydrogen) atoms. The first-order valence-corrected chi connectivity index (χ1v) is 5.68. The topological polar surface area (TPSA) is 126 Å². The molecule has 0 unspecified atom stereocenters. The highest BCUT2D eigenvalue weighted by Crippen LogP contribution is 2.16. The average Bonchev–Trinajstić information content (AvgIpc) is 2.61. The van der Waals surface area contributed by atoms with Crippen molar-refractivity contribution < 1.29 is 19.5 Å². The molecule has 8 nitrogen and oxygen atoms in total. The number of thiazole rings is 1. The summed E-state index contributed by atoms with van der Waals surface area (Å²) in [5, 5.41) is 11.4. The maximum atomic E-state index is 11.7. The fourth-order valence-corrected chi connectivity index (χ4v) is 1.79. The minimum Gasteiger partial charge on any atom is -0.480 e. The number of nitrogens with one attached hydrogen (secondary N) is 1. The second-order valence-electron chi connectivity index (χ2n) is 3.42. The number of rotatable bonds is 5. The summed E-state index contributed by atoms with van der Waals surface area (Å²) >= 11 is 1.24. The van der Waals surface area contributed by atoms with Crippen LogP contribution in [-0.4, -0.2) is 46.0 Å². The number of carbonyl (C=O) groups is 3. The Labute approximate surface area is 106 Å². The van der Waals surface area contributed by atoms with E-state index in [9.17, 15) is 14.4 Å². The van der Waals surface area contributed by atoms with Crippen LogP contribution < -0.4 is 11.1 Å². The molecule has 0 fully saturated rings. The summed E-state index contributed by atoms with van der Waals surface area (Å²) in [6.07, 6.45) is 1.57. The molecule has 0 atom stereocenters. The van der Waals surface area contributed by atoms with Gasteiger partial charge in [-0.1, -0.05) is 0 Å². The summed E-state index contributed by atoms with van der Waals surface area (Å²) in [7, 11) is 0. The van der Waals surface area contributed by atoms with Crippen molar-refractivity contribution in [3.05, 3.63) is 11.1 Å². The van der Waals surface area contributed by atoms with E-state index in [1.165, 1.54) is 11.3 Å². The third-order valence-corrected chi connectivity index (χ3v) is 2.62. The maximum absolute atomic E-state index is 11.7. The number of urea groups is 1. The van der Waals surface area contributed by atoms with E-state index < -0.39 is 31.0 Å². The van der Waals surface area contributed by atoms with Gasteiger partial charge in [-0.15, -0.1) is 11.3 Å². The summed E-state index contributed by atoms with van der Waals surface area (Å²) in [6.45, 7) is 0.730. The van der Waals surface area contributed by atoms with Gasteiger partial charge in [-0.2, -0.15) is 0 Å². The Kier molecular flexibility index (Phi) is 4.60. The number of hydrogen-bond acceptors (Lipinski definition) is 5. The molecule has 3 amide bonds. The lowest BCUT2D eigenvalue weighted by molar-refractivity contribution is -0.137. The van der Waals surface area contributed by atoms with Crippen molar-refractivity contribution in [2.24, 2.45) is 5.73 Å². The molecule has 1 aromatic rings. The van der Waals surface area contributed by atoms with Gasteiger partial charge in [0.2, 0.25) is 5.91 Å². The molecule has 0 saturated heterocycles. The molecule has 98 valence electrons. The van der Waals surface area contributed by atoms with Crippen LogP contribution in [0.2, 0.25) is 0 Å². The first-order chi connectivity index (χ1) is 8.38. The molecule has 0 aromatic carbocycles. The second kappa shape index (κ2) is 5.96. The van der Waals surface area contributed by atoms with E-state index in [0.29, 0.717) is 5.13 Å². The predicted octanol–water partition coefficient (Wildman–Crippen LogP) is -0.145. The zero-order valence-electron chi connectivity index (χ0n) is 9.54. The van der Waals surface area contributed by atoms with E-state index >= 15 is 0 Å². The number of carboxylic acids is 1. The van der Waals surface area contributed by atoms with Gasteiger partial charge >= 0.3 is 12.0 Å². The number of aromatic nitrogens is 1. The number of aryl methyl sites for hydroxylation is 1. The first kappa shape index (κ1) is 13.9. The lowest BCUT2D eigenvalue weighted by Crippen LogP contribution is -2.43. The highest BCUT2D eigenvalue weighted by Gasteiger charge is 2.19. The molecule has 4 N–H and O–H groups in total. The Morgan fingerprint density at radius 1 is 1.50 bits per heavy atom. The largest absolute Gasteiger partial charge is 0.480 e. The van der Waals surface area contributed by atoms with Crippen LogP contribution in [0.5, 0.6) is 0 Å². The van der Waals surface area contributed by atoms with Crippen molar-refractivity contribution in [3.8, 4) is 0 Å². The van der Waals surface area contributed by atoms with Crippen LogP contribution >= 0.6 is 11.3 Å². The Morgan fingerprint density at radius 2 is 2.17 bits per heavy atom. The van der Waals surface area contributed by atoms with E-state index in [1.54, 1.807) is 6.20 Å². The molecule has 1 heterocycles. The summed E-state index contributed by atoms with van der Waals surface area (Å²) in [5.41, 5.74) is 4.94. The summed E-state index contributed by atoms with van der Waals surface area (Å²) in [6, 6.07) is -0.731. The van der Waals surface area contributed by atoms with Crippen LogP contribution in [0.3, 0.4) is 0 Å². The fourth-order valence-electron chi connectivity index (χ4n) is 1.13. The quantitative estimate of drug-likeness (QED) is 0.687. The highest BCUT2D eigenvalue weighted by molar-refractivity contribution is 7.15. The van der Waals surface area contributed by atoms with Gasteiger partial charge in [-0.05, 0) is 6.92 Å². The SMILES string of the molecule is Cc1cnc(NC(=O)N(CC(N)=O)CC(=O)O)s1. The molecule has 0 saturated carbocycles. The van der Waals surface area contributed by atoms with Crippen LogP contribution in [0, 0.1) is 6.92 Å². The van der Waals surface area contributed by atoms with E-state index in [1.807, 2.05) is 6.92 Å². The highest BCUT2D eigenvalue weighted by atomic mass is 32.1. The Balaban J connectivity index is 2.69. The Hall–Kier alpha value is -2.16. The molecule has 0 radical (unpaired) electrons. The first-order valence-electron chi connectivity index (χ1n) is 4.87. The number of nitrogens with two attached hydrogens (primary N) is 1. The third-order valence-electron chi connectivity index (χ3n) is 1.80. The minimum absolute atomic E-state index is 0.331. The number of hydrogen-bond donors (Lipinski definition) is 3. The number of aliphatic carboxylic acids is 1. The van der Waals surface area contributed by atoms with Gasteiger partial charge in [0.15, 0.2) is 5.13 Å². The van der Waals surface area contributed by atoms with E-state index in [0.717, 1.165) is 9.78 Å². The van der Waals surface area contributed by atoms with Gasteiger partial charge < -0.3 is 15.7 Å². The molecule has 0 spiro atoms. The lowest BCUT2D eigenvalue weighted by Gasteiger charge is -2.18. The van der Waals surface area contributed by atoms with Gasteiger partial charge in [-0.3, -0.25) is 14.9 Å². The summed E-state index contributed by atoms with van der Waals surface area (Å²) < 4.78 is 0. The van der Waals surface area contributed by atoms with Crippen molar-refractivity contribution in [1.29, 1.82) is 0 Å². The van der Waals surface area contributed by atoms with Gasteiger partial charge in [0.1, 0.15) is 13.1 Å². The van der Waals surface area contributed by atoms with Crippen LogP contribution in [0.15, 0.2) is 6.20 Å². The number of carbonyl (C=O) groups excluding carboxylic acids is 2.